The van der Waals surface area contributed by atoms with Gasteiger partial charge in [0.15, 0.2) is 0 Å². The van der Waals surface area contributed by atoms with Crippen LogP contribution in [0.5, 0.6) is 0 Å². The molecule has 16 heavy (non-hydrogen) atoms. The fraction of sp³-hybridized carbons (Fsp3) is 0.333. The van der Waals surface area contributed by atoms with E-state index in [0.717, 1.165) is 11.3 Å². The van der Waals surface area contributed by atoms with Crippen molar-refractivity contribution in [2.24, 2.45) is 4.99 Å². The molecule has 84 valence electrons. The van der Waals surface area contributed by atoms with E-state index in [-0.39, 0.29) is 11.9 Å². The molecule has 2 rings (SSSR count). The second kappa shape index (κ2) is 4.70. The molecule has 0 aliphatic carbocycles. The normalized spacial score (nSPS) is 19.5. The molecule has 0 aromatic heterocycles. The minimum absolute atomic E-state index is 0.0259. The van der Waals surface area contributed by atoms with Crippen molar-refractivity contribution in [1.82, 2.24) is 5.32 Å². The van der Waals surface area contributed by atoms with Crippen LogP contribution in [0.15, 0.2) is 34.2 Å². The molecule has 0 saturated carbocycles. The molecular formula is C12H14N2OS. The van der Waals surface area contributed by atoms with E-state index in [1.165, 1.54) is 4.90 Å². The Morgan fingerprint density at radius 1 is 1.38 bits per heavy atom. The third kappa shape index (κ3) is 2.27. The molecule has 1 unspecified atom stereocenters. The second-order valence-electron chi connectivity index (χ2n) is 3.60. The number of amides is 1. The molecule has 0 fully saturated rings. The van der Waals surface area contributed by atoms with Gasteiger partial charge in [0.05, 0.1) is 0 Å². The minimum atomic E-state index is -0.264. The number of carbonyl (C=O) groups excluding carboxylic acids is 1. The van der Waals surface area contributed by atoms with E-state index in [2.05, 4.69) is 29.4 Å². The van der Waals surface area contributed by atoms with Crippen LogP contribution in [0.3, 0.4) is 0 Å². The molecule has 1 atom stereocenters. The Labute approximate surface area is 99.3 Å². The molecule has 1 amide bonds. The van der Waals surface area contributed by atoms with Crippen molar-refractivity contribution in [1.29, 1.82) is 0 Å². The minimum Gasteiger partial charge on any atom is -0.309 e. The second-order valence-corrected chi connectivity index (χ2v) is 4.94. The Morgan fingerprint density at radius 2 is 2.06 bits per heavy atom. The van der Waals surface area contributed by atoms with Crippen molar-refractivity contribution in [3.05, 3.63) is 29.8 Å². The zero-order valence-electron chi connectivity index (χ0n) is 9.36. The van der Waals surface area contributed by atoms with Gasteiger partial charge in [-0.05, 0) is 24.8 Å². The third-order valence-electron chi connectivity index (χ3n) is 2.38. The summed E-state index contributed by atoms with van der Waals surface area (Å²) in [4.78, 5) is 16.8. The summed E-state index contributed by atoms with van der Waals surface area (Å²) in [6, 6.07) is 7.84. The van der Waals surface area contributed by atoms with Gasteiger partial charge in [-0.15, -0.1) is 11.8 Å². The van der Waals surface area contributed by atoms with E-state index < -0.39 is 0 Å². The number of rotatable bonds is 3. The number of aliphatic imine (C=N–C) groups is 1. The average molecular weight is 234 g/mol. The van der Waals surface area contributed by atoms with Gasteiger partial charge in [0, 0.05) is 10.5 Å². The molecule has 3 nitrogen and oxygen atoms in total. The molecule has 1 aromatic carbocycles. The molecular weight excluding hydrogens is 220 g/mol. The van der Waals surface area contributed by atoms with Gasteiger partial charge < -0.3 is 5.32 Å². The number of carbonyl (C=O) groups is 1. The highest BCUT2D eigenvalue weighted by Crippen LogP contribution is 2.18. The summed E-state index contributed by atoms with van der Waals surface area (Å²) >= 11 is 1.80. The van der Waals surface area contributed by atoms with Crippen LogP contribution in [-0.2, 0) is 4.79 Å². The van der Waals surface area contributed by atoms with Crippen LogP contribution < -0.4 is 5.32 Å². The van der Waals surface area contributed by atoms with Crippen LogP contribution in [0, 0.1) is 0 Å². The zero-order valence-corrected chi connectivity index (χ0v) is 10.2. The topological polar surface area (TPSA) is 41.5 Å². The van der Waals surface area contributed by atoms with Gasteiger partial charge >= 0.3 is 0 Å². The van der Waals surface area contributed by atoms with Gasteiger partial charge in [0.1, 0.15) is 11.9 Å². The van der Waals surface area contributed by atoms with E-state index in [4.69, 9.17) is 0 Å². The maximum Gasteiger partial charge on any atom is 0.250 e. The Balaban J connectivity index is 2.16. The van der Waals surface area contributed by atoms with E-state index in [1.54, 1.807) is 18.7 Å². The highest BCUT2D eigenvalue weighted by molar-refractivity contribution is 7.99. The molecule has 4 heteroatoms. The number of thioether (sulfide) groups is 1. The molecule has 1 aliphatic heterocycles. The number of nitrogens with zero attached hydrogens (tertiary/aromatic N) is 1. The first-order valence-corrected chi connectivity index (χ1v) is 6.31. The van der Waals surface area contributed by atoms with Crippen LogP contribution in [-0.4, -0.2) is 23.5 Å². The van der Waals surface area contributed by atoms with Crippen molar-refractivity contribution in [3.63, 3.8) is 0 Å². The van der Waals surface area contributed by atoms with E-state index in [1.807, 2.05) is 12.1 Å². The number of benzene rings is 1. The van der Waals surface area contributed by atoms with Gasteiger partial charge in [0.25, 0.3) is 0 Å². The summed E-state index contributed by atoms with van der Waals surface area (Å²) in [7, 11) is 0. The lowest BCUT2D eigenvalue weighted by Crippen LogP contribution is -2.27. The van der Waals surface area contributed by atoms with E-state index >= 15 is 0 Å². The summed E-state index contributed by atoms with van der Waals surface area (Å²) in [5.74, 6) is 1.72. The van der Waals surface area contributed by atoms with Crippen LogP contribution in [0.4, 0.5) is 0 Å². The van der Waals surface area contributed by atoms with Gasteiger partial charge in [0.2, 0.25) is 5.91 Å². The van der Waals surface area contributed by atoms with Gasteiger partial charge in [-0.25, -0.2) is 0 Å². The fourth-order valence-electron chi connectivity index (χ4n) is 1.53. The van der Waals surface area contributed by atoms with Crippen molar-refractivity contribution < 1.29 is 4.79 Å². The first kappa shape index (κ1) is 11.2. The summed E-state index contributed by atoms with van der Waals surface area (Å²) < 4.78 is 0. The SMILES string of the molecule is CCSc1ccc(C2=NC(C)C(=O)N2)cc1. The van der Waals surface area contributed by atoms with Gasteiger partial charge in [-0.3, -0.25) is 9.79 Å². The van der Waals surface area contributed by atoms with Crippen LogP contribution in [0.2, 0.25) is 0 Å². The molecule has 0 spiro atoms. The molecule has 1 heterocycles. The van der Waals surface area contributed by atoms with Crippen molar-refractivity contribution in [3.8, 4) is 0 Å². The molecule has 1 aromatic rings. The average Bonchev–Trinajstić information content (AvgIpc) is 2.61. The number of nitrogens with one attached hydrogen (secondary N) is 1. The van der Waals surface area contributed by atoms with E-state index in [9.17, 15) is 4.79 Å². The Bertz CT molecular complexity index is 425. The quantitative estimate of drug-likeness (QED) is 0.813. The highest BCUT2D eigenvalue weighted by Gasteiger charge is 2.22. The molecule has 1 N–H and O–H groups in total. The largest absolute Gasteiger partial charge is 0.309 e. The lowest BCUT2D eigenvalue weighted by atomic mass is 10.2. The summed E-state index contributed by atoms with van der Waals surface area (Å²) in [6.45, 7) is 3.92. The number of hydrogen-bond donors (Lipinski definition) is 1. The van der Waals surface area contributed by atoms with Crippen LogP contribution in [0.25, 0.3) is 0 Å². The number of amidine groups is 1. The maximum absolute atomic E-state index is 11.3. The summed E-state index contributed by atoms with van der Waals surface area (Å²) in [5.41, 5.74) is 0.971. The first-order valence-electron chi connectivity index (χ1n) is 5.32. The van der Waals surface area contributed by atoms with E-state index in [0.29, 0.717) is 5.84 Å². The van der Waals surface area contributed by atoms with Crippen LogP contribution in [0.1, 0.15) is 19.4 Å². The van der Waals surface area contributed by atoms with Crippen LogP contribution >= 0.6 is 11.8 Å². The molecule has 0 bridgehead atoms. The molecule has 0 radical (unpaired) electrons. The van der Waals surface area contributed by atoms with Crippen molar-refractivity contribution >= 4 is 23.5 Å². The highest BCUT2D eigenvalue weighted by atomic mass is 32.2. The summed E-state index contributed by atoms with van der Waals surface area (Å²) in [5, 5.41) is 2.78. The Morgan fingerprint density at radius 3 is 2.56 bits per heavy atom. The Hall–Kier alpha value is -1.29. The van der Waals surface area contributed by atoms with Gasteiger partial charge in [-0.1, -0.05) is 19.1 Å². The maximum atomic E-state index is 11.3. The smallest absolute Gasteiger partial charge is 0.250 e. The monoisotopic (exact) mass is 234 g/mol. The predicted octanol–water partition coefficient (Wildman–Crippen LogP) is 2.06. The zero-order chi connectivity index (χ0) is 11.5. The first-order chi connectivity index (χ1) is 7.70. The summed E-state index contributed by atoms with van der Waals surface area (Å²) in [6.07, 6.45) is 0. The third-order valence-corrected chi connectivity index (χ3v) is 3.28. The lowest BCUT2D eigenvalue weighted by molar-refractivity contribution is -0.119. The molecule has 1 aliphatic rings. The van der Waals surface area contributed by atoms with Gasteiger partial charge in [-0.2, -0.15) is 0 Å². The molecule has 0 saturated heterocycles. The van der Waals surface area contributed by atoms with Crippen molar-refractivity contribution in [2.45, 2.75) is 24.8 Å². The fourth-order valence-corrected chi connectivity index (χ4v) is 2.19. The van der Waals surface area contributed by atoms with Crippen molar-refractivity contribution in [2.75, 3.05) is 5.75 Å². The Kier molecular flexibility index (Phi) is 3.29. The lowest BCUT2D eigenvalue weighted by Gasteiger charge is -2.02. The standard InChI is InChI=1S/C12H14N2OS/c1-3-16-10-6-4-9(5-7-10)11-13-8(2)12(15)14-11/h4-8H,3H2,1-2H3,(H,13,14,15). The predicted molar refractivity (Wildman–Crippen MR) is 67.0 cm³/mol. The number of hydrogen-bond acceptors (Lipinski definition) is 3.